The van der Waals surface area contributed by atoms with Crippen LogP contribution in [0.1, 0.15) is 98.7 Å². The molecule has 1 saturated carbocycles. The first-order valence-electron chi connectivity index (χ1n) is 15.7. The Labute approximate surface area is 260 Å². The van der Waals surface area contributed by atoms with Crippen molar-refractivity contribution in [1.29, 1.82) is 0 Å². The summed E-state index contributed by atoms with van der Waals surface area (Å²) in [5, 5.41) is 47.3. The maximum absolute atomic E-state index is 13.8. The second-order valence-electron chi connectivity index (χ2n) is 13.3. The molecule has 0 spiro atoms. The molecule has 0 aliphatic heterocycles. The summed E-state index contributed by atoms with van der Waals surface area (Å²) < 4.78 is 0. The summed E-state index contributed by atoms with van der Waals surface area (Å²) in [6.07, 6.45) is 3.41. The Kier molecular flexibility index (Phi) is 6.59. The topological polar surface area (TPSA) is 132 Å². The molecule has 0 saturated heterocycles. The molecule has 3 aliphatic rings. The number of phenols is 4. The minimum absolute atomic E-state index is 0.00627. The van der Waals surface area contributed by atoms with E-state index in [9.17, 15) is 34.8 Å². The van der Waals surface area contributed by atoms with Gasteiger partial charge in [-0.15, -0.1) is 0 Å². The second-order valence-corrected chi connectivity index (χ2v) is 13.3. The van der Waals surface area contributed by atoms with Crippen LogP contribution in [0.4, 0.5) is 0 Å². The van der Waals surface area contributed by atoms with Crippen LogP contribution in [0, 0.1) is 11.8 Å². The van der Waals surface area contributed by atoms with E-state index >= 15 is 0 Å². The summed E-state index contributed by atoms with van der Waals surface area (Å²) in [4.78, 5) is 40.9. The van der Waals surface area contributed by atoms with E-state index in [4.69, 9.17) is 0 Å². The number of ketones is 3. The summed E-state index contributed by atoms with van der Waals surface area (Å²) in [6, 6.07) is 9.75. The minimum atomic E-state index is -0.761. The van der Waals surface area contributed by atoms with Gasteiger partial charge < -0.3 is 20.4 Å². The van der Waals surface area contributed by atoms with Gasteiger partial charge in [-0.2, -0.15) is 0 Å². The molecule has 7 heteroatoms. The molecule has 7 nitrogen and oxygen atoms in total. The van der Waals surface area contributed by atoms with E-state index in [1.807, 2.05) is 13.8 Å². The van der Waals surface area contributed by atoms with E-state index in [0.717, 1.165) is 24.8 Å². The Morgan fingerprint density at radius 3 is 1.60 bits per heavy atom. The molecule has 1 fully saturated rings. The first-order chi connectivity index (χ1) is 21.4. The Bertz CT molecular complexity index is 2040. The van der Waals surface area contributed by atoms with Crippen LogP contribution in [-0.2, 0) is 9.59 Å². The van der Waals surface area contributed by atoms with E-state index in [1.165, 1.54) is 24.6 Å². The molecule has 4 aromatic rings. The minimum Gasteiger partial charge on any atom is -0.507 e. The lowest BCUT2D eigenvalue weighted by Crippen LogP contribution is -2.29. The van der Waals surface area contributed by atoms with Gasteiger partial charge in [-0.3, -0.25) is 14.4 Å². The number of aromatic hydroxyl groups is 4. The lowest BCUT2D eigenvalue weighted by atomic mass is 9.64. The highest BCUT2D eigenvalue weighted by molar-refractivity contribution is 6.21. The molecule has 45 heavy (non-hydrogen) atoms. The number of hydrogen-bond donors (Lipinski definition) is 4. The highest BCUT2D eigenvalue weighted by Crippen LogP contribution is 2.60. The normalized spacial score (nSPS) is 22.7. The van der Waals surface area contributed by atoms with Crippen LogP contribution < -0.4 is 0 Å². The average molecular weight is 605 g/mol. The number of fused-ring (bicyclic) bond motifs is 4. The van der Waals surface area contributed by atoms with Crippen LogP contribution in [0.3, 0.4) is 0 Å². The Balaban J connectivity index is 1.82. The smallest absolute Gasteiger partial charge is 0.167 e. The molecule has 7 rings (SSSR count). The molecule has 4 atom stereocenters. The maximum Gasteiger partial charge on any atom is 0.167 e. The highest BCUT2D eigenvalue weighted by Gasteiger charge is 2.44. The zero-order valence-electron chi connectivity index (χ0n) is 25.8. The number of carbonyl (C=O) groups is 3. The van der Waals surface area contributed by atoms with E-state index < -0.39 is 11.8 Å². The fourth-order valence-corrected chi connectivity index (χ4v) is 8.60. The average Bonchev–Trinajstić information content (AvgIpc) is 2.92. The van der Waals surface area contributed by atoms with Gasteiger partial charge in [0.15, 0.2) is 5.78 Å². The van der Waals surface area contributed by atoms with Crippen LogP contribution in [0.2, 0.25) is 0 Å². The van der Waals surface area contributed by atoms with Gasteiger partial charge in [0.25, 0.3) is 0 Å². The first kappa shape index (κ1) is 29.1. The third-order valence-electron chi connectivity index (χ3n) is 10.5. The number of allylic oxidation sites excluding steroid dienone is 2. The molecule has 0 bridgehead atoms. The van der Waals surface area contributed by atoms with Crippen molar-refractivity contribution in [2.24, 2.45) is 11.8 Å². The number of rotatable bonds is 3. The van der Waals surface area contributed by atoms with Crippen molar-refractivity contribution >= 4 is 44.5 Å². The van der Waals surface area contributed by atoms with Crippen molar-refractivity contribution in [3.05, 3.63) is 64.2 Å². The van der Waals surface area contributed by atoms with Crippen LogP contribution in [0.5, 0.6) is 23.0 Å². The lowest BCUT2D eigenvalue weighted by Gasteiger charge is -2.39. The lowest BCUT2D eigenvalue weighted by molar-refractivity contribution is -0.120. The van der Waals surface area contributed by atoms with Crippen LogP contribution in [0.25, 0.3) is 38.2 Å². The van der Waals surface area contributed by atoms with E-state index in [0.29, 0.717) is 45.0 Å². The van der Waals surface area contributed by atoms with Crippen molar-refractivity contribution < 1.29 is 34.8 Å². The number of benzene rings is 4. The Hall–Kier alpha value is -4.65. The third kappa shape index (κ3) is 3.99. The Morgan fingerprint density at radius 1 is 0.667 bits per heavy atom. The quantitative estimate of drug-likeness (QED) is 0.186. The molecule has 4 aromatic carbocycles. The molecule has 0 amide bonds. The molecule has 4 N–H and O–H groups in total. The largest absolute Gasteiger partial charge is 0.507 e. The van der Waals surface area contributed by atoms with Crippen molar-refractivity contribution in [1.82, 2.24) is 0 Å². The molecule has 230 valence electrons. The first-order valence-corrected chi connectivity index (χ1v) is 15.7. The van der Waals surface area contributed by atoms with Crippen LogP contribution in [-0.4, -0.2) is 37.8 Å². The monoisotopic (exact) mass is 604 g/mol. The number of carbonyl (C=O) groups excluding carboxylic acids is 3. The SMILES string of the molecule is CC(=O)C1c2c(c(O)c3c(O)cccc3c2-c2c3c(c(O)c4c(O)cccc24)C(=C2CCC2)CC(C)C3C(C)=O)C(=O)CC1C. The number of hydrogen-bond acceptors (Lipinski definition) is 7. The summed E-state index contributed by atoms with van der Waals surface area (Å²) in [7, 11) is 0. The van der Waals surface area contributed by atoms with E-state index in [-0.39, 0.29) is 74.9 Å². The van der Waals surface area contributed by atoms with Crippen molar-refractivity contribution in [2.75, 3.05) is 0 Å². The number of phenolic OH excluding ortho intramolecular Hbond substituents is 4. The van der Waals surface area contributed by atoms with Crippen molar-refractivity contribution in [3.63, 3.8) is 0 Å². The molecular weight excluding hydrogens is 568 g/mol. The summed E-state index contributed by atoms with van der Waals surface area (Å²) >= 11 is 0. The van der Waals surface area contributed by atoms with Crippen molar-refractivity contribution in [2.45, 2.75) is 71.6 Å². The fourth-order valence-electron chi connectivity index (χ4n) is 8.60. The maximum atomic E-state index is 13.8. The third-order valence-corrected chi connectivity index (χ3v) is 10.5. The molecule has 4 unspecified atom stereocenters. The van der Waals surface area contributed by atoms with Gasteiger partial charge in [0.05, 0.1) is 16.3 Å². The number of Topliss-reactive ketones (excluding diaryl/α,β-unsaturated/α-hetero) is 3. The fraction of sp³-hybridized carbons (Fsp3) is 0.342. The molecule has 3 aliphatic carbocycles. The Morgan fingerprint density at radius 2 is 1.13 bits per heavy atom. The molecule has 0 radical (unpaired) electrons. The van der Waals surface area contributed by atoms with Gasteiger partial charge in [-0.05, 0) is 102 Å². The molecular formula is C38H36O7. The van der Waals surface area contributed by atoms with Gasteiger partial charge >= 0.3 is 0 Å². The van der Waals surface area contributed by atoms with Crippen LogP contribution in [0.15, 0.2) is 42.0 Å². The standard InChI is InChI=1S/C38H36O7/c1-16-14-23(20-8-5-9-20)33-35(27(16)18(3)39)31(21-10-6-12-24(41)29(21)37(33)44)32-22-11-7-13-25(42)30(22)38(45)34-26(43)15-17(2)28(19(4)40)36(32)34/h6-7,10-13,16-17,27-28,41-42,44-45H,5,8-9,14-15H2,1-4H3. The molecule has 0 aromatic heterocycles. The second kappa shape index (κ2) is 10.2. The van der Waals surface area contributed by atoms with Gasteiger partial charge in [0.2, 0.25) is 0 Å². The van der Waals surface area contributed by atoms with E-state index in [2.05, 4.69) is 0 Å². The van der Waals surface area contributed by atoms with Gasteiger partial charge in [0.1, 0.15) is 34.6 Å². The summed E-state index contributed by atoms with van der Waals surface area (Å²) in [5.74, 6) is -3.34. The predicted octanol–water partition coefficient (Wildman–Crippen LogP) is 8.03. The van der Waals surface area contributed by atoms with Gasteiger partial charge in [-0.25, -0.2) is 0 Å². The summed E-state index contributed by atoms with van der Waals surface area (Å²) in [5.41, 5.74) is 4.63. The van der Waals surface area contributed by atoms with Crippen LogP contribution >= 0.6 is 0 Å². The highest BCUT2D eigenvalue weighted by atomic mass is 16.3. The van der Waals surface area contributed by atoms with Gasteiger partial charge in [0, 0.05) is 23.8 Å². The van der Waals surface area contributed by atoms with E-state index in [1.54, 1.807) is 31.2 Å². The van der Waals surface area contributed by atoms with Crippen molar-refractivity contribution in [3.8, 4) is 34.1 Å². The summed E-state index contributed by atoms with van der Waals surface area (Å²) in [6.45, 7) is 6.89. The molecule has 0 heterocycles. The van der Waals surface area contributed by atoms with Gasteiger partial charge in [-0.1, -0.05) is 43.7 Å². The zero-order valence-corrected chi connectivity index (χ0v) is 25.8. The predicted molar refractivity (Wildman–Crippen MR) is 173 cm³/mol. The zero-order chi connectivity index (χ0) is 32.1.